The predicted octanol–water partition coefficient (Wildman–Crippen LogP) is 2.70. The highest BCUT2D eigenvalue weighted by atomic mass is 35.5. The molecule has 0 aliphatic carbocycles. The molecule has 0 bridgehead atoms. The summed E-state index contributed by atoms with van der Waals surface area (Å²) in [6, 6.07) is 0. The number of esters is 2. The van der Waals surface area contributed by atoms with E-state index in [2.05, 4.69) is 4.74 Å². The van der Waals surface area contributed by atoms with Gasteiger partial charge in [-0.05, 0) is 12.3 Å². The monoisotopic (exact) mass is 284 g/mol. The molecule has 0 N–H and O–H groups in total. The molecule has 6 heteroatoms. The molecule has 0 radical (unpaired) electrons. The minimum absolute atomic E-state index is 0.0129. The quantitative estimate of drug-likeness (QED) is 0.508. The van der Waals surface area contributed by atoms with Crippen LogP contribution in [0.15, 0.2) is 0 Å². The van der Waals surface area contributed by atoms with Gasteiger partial charge in [-0.3, -0.25) is 9.59 Å². The molecule has 0 aromatic rings. The number of carbonyl (C=O) groups excluding carboxylic acids is 2. The summed E-state index contributed by atoms with van der Waals surface area (Å²) in [6.07, 6.45) is 0.823. The Hall–Kier alpha value is -0.480. The van der Waals surface area contributed by atoms with Gasteiger partial charge in [-0.2, -0.15) is 0 Å². The number of carbonyl (C=O) groups is 2. The molecule has 17 heavy (non-hydrogen) atoms. The van der Waals surface area contributed by atoms with Crippen LogP contribution in [0.25, 0.3) is 0 Å². The molecule has 0 atom stereocenters. The van der Waals surface area contributed by atoms with Crippen molar-refractivity contribution in [3.63, 3.8) is 0 Å². The van der Waals surface area contributed by atoms with E-state index in [0.717, 1.165) is 6.42 Å². The van der Waals surface area contributed by atoms with Gasteiger partial charge in [0.2, 0.25) is 0 Å². The molecule has 0 unspecified atom stereocenters. The summed E-state index contributed by atoms with van der Waals surface area (Å²) in [5, 5.41) is 0. The smallest absolute Gasteiger partial charge is 0.306 e. The Balaban J connectivity index is 3.52. The van der Waals surface area contributed by atoms with E-state index < -0.39 is 16.8 Å². The zero-order valence-corrected chi connectivity index (χ0v) is 11.6. The van der Waals surface area contributed by atoms with E-state index in [1.165, 1.54) is 0 Å². The lowest BCUT2D eigenvalue weighted by Gasteiger charge is -2.07. The lowest BCUT2D eigenvalue weighted by atomic mass is 10.1. The second-order valence-electron chi connectivity index (χ2n) is 3.98. The average molecular weight is 285 g/mol. The standard InChI is InChI=1S/C11H18Cl2O4/c1-8(2)5-6-16-10(14)3-4-11(15)17-7-9(12)13/h8-9H,3-7H2,1-2H3. The second-order valence-corrected chi connectivity index (χ2v) is 5.25. The fourth-order valence-corrected chi connectivity index (χ4v) is 1.04. The number of halogens is 2. The molecular formula is C11H18Cl2O4. The predicted molar refractivity (Wildman–Crippen MR) is 66.1 cm³/mol. The van der Waals surface area contributed by atoms with Gasteiger partial charge in [0.15, 0.2) is 0 Å². The summed E-state index contributed by atoms with van der Waals surface area (Å²) in [7, 11) is 0. The molecule has 0 rings (SSSR count). The number of alkyl halides is 2. The Labute approximate surface area is 112 Å². The van der Waals surface area contributed by atoms with Crippen molar-refractivity contribution in [2.45, 2.75) is 37.9 Å². The van der Waals surface area contributed by atoms with Crippen LogP contribution in [-0.2, 0) is 19.1 Å². The van der Waals surface area contributed by atoms with Gasteiger partial charge in [-0.25, -0.2) is 0 Å². The molecule has 0 aromatic heterocycles. The van der Waals surface area contributed by atoms with Crippen molar-refractivity contribution in [3.8, 4) is 0 Å². The Morgan fingerprint density at radius 2 is 1.59 bits per heavy atom. The molecule has 100 valence electrons. The van der Waals surface area contributed by atoms with Crippen LogP contribution in [0, 0.1) is 5.92 Å². The molecule has 0 heterocycles. The second kappa shape index (κ2) is 9.54. The first kappa shape index (κ1) is 16.5. The van der Waals surface area contributed by atoms with E-state index in [1.807, 2.05) is 13.8 Å². The summed E-state index contributed by atoms with van der Waals surface area (Å²) in [5.41, 5.74) is 0. The van der Waals surface area contributed by atoms with Crippen LogP contribution in [-0.4, -0.2) is 30.0 Å². The highest BCUT2D eigenvalue weighted by Crippen LogP contribution is 2.04. The van der Waals surface area contributed by atoms with Gasteiger partial charge in [-0.1, -0.05) is 13.8 Å². The summed E-state index contributed by atoms with van der Waals surface area (Å²) in [6.45, 7) is 4.40. The van der Waals surface area contributed by atoms with Gasteiger partial charge in [0, 0.05) is 0 Å². The zero-order valence-electron chi connectivity index (χ0n) is 10.1. The maximum atomic E-state index is 11.2. The Bertz CT molecular complexity index is 242. The first-order valence-corrected chi connectivity index (χ1v) is 6.38. The Morgan fingerprint density at radius 1 is 1.06 bits per heavy atom. The molecule has 0 aromatic carbocycles. The van der Waals surface area contributed by atoms with Crippen molar-refractivity contribution in [2.75, 3.05) is 13.2 Å². The number of rotatable bonds is 8. The largest absolute Gasteiger partial charge is 0.466 e. The minimum Gasteiger partial charge on any atom is -0.466 e. The fourth-order valence-electron chi connectivity index (χ4n) is 0.913. The highest BCUT2D eigenvalue weighted by Gasteiger charge is 2.10. The maximum absolute atomic E-state index is 11.2. The number of hydrogen-bond acceptors (Lipinski definition) is 4. The summed E-state index contributed by atoms with van der Waals surface area (Å²) >= 11 is 10.8. The van der Waals surface area contributed by atoms with E-state index in [-0.39, 0.29) is 19.4 Å². The van der Waals surface area contributed by atoms with Gasteiger partial charge < -0.3 is 9.47 Å². The van der Waals surface area contributed by atoms with E-state index >= 15 is 0 Å². The normalized spacial score (nSPS) is 10.7. The highest BCUT2D eigenvalue weighted by molar-refractivity contribution is 6.44. The Morgan fingerprint density at radius 3 is 2.06 bits per heavy atom. The molecule has 0 fully saturated rings. The van der Waals surface area contributed by atoms with Crippen molar-refractivity contribution >= 4 is 35.1 Å². The first-order valence-electron chi connectivity index (χ1n) is 5.51. The fraction of sp³-hybridized carbons (Fsp3) is 0.818. The zero-order chi connectivity index (χ0) is 13.3. The lowest BCUT2D eigenvalue weighted by molar-refractivity contribution is -0.150. The summed E-state index contributed by atoms with van der Waals surface area (Å²) < 4.78 is 9.62. The van der Waals surface area contributed by atoms with Crippen molar-refractivity contribution < 1.29 is 19.1 Å². The first-order chi connectivity index (χ1) is 7.91. The van der Waals surface area contributed by atoms with E-state index in [9.17, 15) is 9.59 Å². The molecular weight excluding hydrogens is 267 g/mol. The average Bonchev–Trinajstić information content (AvgIpc) is 2.23. The SMILES string of the molecule is CC(C)CCOC(=O)CCC(=O)OCC(Cl)Cl. The van der Waals surface area contributed by atoms with Crippen molar-refractivity contribution in [1.82, 2.24) is 0 Å². The third-order valence-electron chi connectivity index (χ3n) is 1.86. The third-order valence-corrected chi connectivity index (χ3v) is 2.11. The van der Waals surface area contributed by atoms with Crippen LogP contribution >= 0.6 is 23.2 Å². The van der Waals surface area contributed by atoms with Crippen molar-refractivity contribution in [1.29, 1.82) is 0 Å². The van der Waals surface area contributed by atoms with Crippen LogP contribution in [0.2, 0.25) is 0 Å². The van der Waals surface area contributed by atoms with Gasteiger partial charge >= 0.3 is 11.9 Å². The van der Waals surface area contributed by atoms with E-state index in [4.69, 9.17) is 27.9 Å². The van der Waals surface area contributed by atoms with Crippen LogP contribution in [0.5, 0.6) is 0 Å². The van der Waals surface area contributed by atoms with Crippen LogP contribution in [0.3, 0.4) is 0 Å². The Kier molecular flexibility index (Phi) is 9.27. The lowest BCUT2D eigenvalue weighted by Crippen LogP contribution is -2.13. The number of hydrogen-bond donors (Lipinski definition) is 0. The van der Waals surface area contributed by atoms with Crippen molar-refractivity contribution in [2.24, 2.45) is 5.92 Å². The summed E-state index contributed by atoms with van der Waals surface area (Å²) in [5.74, 6) is -0.412. The molecule has 4 nitrogen and oxygen atoms in total. The van der Waals surface area contributed by atoms with Crippen LogP contribution in [0.1, 0.15) is 33.1 Å². The maximum Gasteiger partial charge on any atom is 0.306 e. The summed E-state index contributed by atoms with van der Waals surface area (Å²) in [4.78, 5) is 21.5. The minimum atomic E-state index is -0.739. The van der Waals surface area contributed by atoms with Gasteiger partial charge in [0.25, 0.3) is 0 Å². The topological polar surface area (TPSA) is 52.6 Å². The molecule has 0 amide bonds. The molecule has 0 saturated heterocycles. The van der Waals surface area contributed by atoms with Gasteiger partial charge in [-0.15, -0.1) is 23.2 Å². The molecule has 0 aliphatic rings. The van der Waals surface area contributed by atoms with Gasteiger partial charge in [0.1, 0.15) is 11.4 Å². The molecule has 0 spiro atoms. The number of ether oxygens (including phenoxy) is 2. The van der Waals surface area contributed by atoms with E-state index in [0.29, 0.717) is 12.5 Å². The van der Waals surface area contributed by atoms with Gasteiger partial charge in [0.05, 0.1) is 19.4 Å². The molecule has 0 saturated carbocycles. The van der Waals surface area contributed by atoms with Crippen LogP contribution < -0.4 is 0 Å². The van der Waals surface area contributed by atoms with E-state index in [1.54, 1.807) is 0 Å². The van der Waals surface area contributed by atoms with Crippen molar-refractivity contribution in [3.05, 3.63) is 0 Å². The molecule has 0 aliphatic heterocycles. The van der Waals surface area contributed by atoms with Crippen LogP contribution in [0.4, 0.5) is 0 Å². The third kappa shape index (κ3) is 11.8.